The molecule has 1 saturated carbocycles. The lowest BCUT2D eigenvalue weighted by atomic mass is 10.1. The van der Waals surface area contributed by atoms with Gasteiger partial charge in [-0.05, 0) is 49.2 Å². The molecule has 28 heavy (non-hydrogen) atoms. The molecule has 8 nitrogen and oxygen atoms in total. The SMILES string of the molecule is COc1ccc(-c2[nH]n(-c3ccc([N+](=O)[O-])cc3)c(=O)c2C=NC2CC2)cc1. The second kappa shape index (κ2) is 7.15. The molecular weight excluding hydrogens is 360 g/mol. The highest BCUT2D eigenvalue weighted by Crippen LogP contribution is 2.26. The Morgan fingerprint density at radius 1 is 1.18 bits per heavy atom. The summed E-state index contributed by atoms with van der Waals surface area (Å²) in [6, 6.07) is 13.5. The highest BCUT2D eigenvalue weighted by atomic mass is 16.6. The molecule has 1 fully saturated rings. The summed E-state index contributed by atoms with van der Waals surface area (Å²) in [7, 11) is 1.59. The van der Waals surface area contributed by atoms with Gasteiger partial charge >= 0.3 is 0 Å². The van der Waals surface area contributed by atoms with Crippen molar-refractivity contribution in [3.05, 3.63) is 74.6 Å². The Morgan fingerprint density at radius 2 is 1.86 bits per heavy atom. The Kier molecular flexibility index (Phi) is 4.52. The predicted octanol–water partition coefficient (Wildman–Crippen LogP) is 3.33. The Morgan fingerprint density at radius 3 is 2.43 bits per heavy atom. The van der Waals surface area contributed by atoms with Gasteiger partial charge in [0.1, 0.15) is 5.75 Å². The summed E-state index contributed by atoms with van der Waals surface area (Å²) in [5.41, 5.74) is 2.12. The summed E-state index contributed by atoms with van der Waals surface area (Å²) in [5, 5.41) is 14.0. The number of hydrogen-bond donors (Lipinski definition) is 1. The molecule has 0 unspecified atom stereocenters. The lowest BCUT2D eigenvalue weighted by Gasteiger charge is -2.04. The summed E-state index contributed by atoms with van der Waals surface area (Å²) in [5.74, 6) is 0.717. The van der Waals surface area contributed by atoms with Crippen molar-refractivity contribution < 1.29 is 9.66 Å². The zero-order valence-corrected chi connectivity index (χ0v) is 15.2. The minimum absolute atomic E-state index is 0.0331. The van der Waals surface area contributed by atoms with E-state index in [4.69, 9.17) is 4.74 Å². The number of aromatic amines is 1. The molecule has 1 aromatic heterocycles. The summed E-state index contributed by atoms with van der Waals surface area (Å²) in [6.07, 6.45) is 3.70. The van der Waals surface area contributed by atoms with Gasteiger partial charge in [-0.15, -0.1) is 0 Å². The average molecular weight is 378 g/mol. The van der Waals surface area contributed by atoms with Gasteiger partial charge in [0.15, 0.2) is 0 Å². The van der Waals surface area contributed by atoms with Crippen LogP contribution in [0.3, 0.4) is 0 Å². The number of methoxy groups -OCH3 is 1. The van der Waals surface area contributed by atoms with Crippen LogP contribution in [-0.4, -0.2) is 34.1 Å². The zero-order chi connectivity index (χ0) is 19.7. The number of nitrogens with zero attached hydrogens (tertiary/aromatic N) is 3. The molecule has 1 heterocycles. The first kappa shape index (κ1) is 17.7. The summed E-state index contributed by atoms with van der Waals surface area (Å²) in [6.45, 7) is 0. The Labute approximate surface area is 160 Å². The van der Waals surface area contributed by atoms with Crippen LogP contribution < -0.4 is 10.3 Å². The van der Waals surface area contributed by atoms with E-state index < -0.39 is 4.92 Å². The highest BCUT2D eigenvalue weighted by Gasteiger charge is 2.21. The fourth-order valence-corrected chi connectivity index (χ4v) is 2.86. The molecule has 0 bridgehead atoms. The van der Waals surface area contributed by atoms with Gasteiger partial charge in [-0.3, -0.25) is 25.0 Å². The number of aliphatic imine (C=N–C) groups is 1. The quantitative estimate of drug-likeness (QED) is 0.404. The van der Waals surface area contributed by atoms with E-state index in [0.29, 0.717) is 22.7 Å². The number of non-ortho nitro benzene ring substituents is 1. The first-order chi connectivity index (χ1) is 13.6. The van der Waals surface area contributed by atoms with Crippen molar-refractivity contribution in [2.24, 2.45) is 4.99 Å². The number of H-pyrrole nitrogens is 1. The maximum atomic E-state index is 13.0. The smallest absolute Gasteiger partial charge is 0.280 e. The molecule has 0 amide bonds. The molecular formula is C20H18N4O4. The molecule has 2 aromatic carbocycles. The normalized spacial score (nSPS) is 13.8. The van der Waals surface area contributed by atoms with Crippen LogP contribution in [0.2, 0.25) is 0 Å². The van der Waals surface area contributed by atoms with Crippen molar-refractivity contribution in [3.8, 4) is 22.7 Å². The largest absolute Gasteiger partial charge is 0.497 e. The molecule has 0 atom stereocenters. The number of hydrogen-bond acceptors (Lipinski definition) is 5. The number of rotatable bonds is 6. The van der Waals surface area contributed by atoms with Gasteiger partial charge in [-0.2, -0.15) is 0 Å². The van der Waals surface area contributed by atoms with E-state index in [-0.39, 0.29) is 17.3 Å². The van der Waals surface area contributed by atoms with Crippen molar-refractivity contribution in [1.29, 1.82) is 0 Å². The second-order valence-electron chi connectivity index (χ2n) is 6.55. The number of ether oxygens (including phenoxy) is 1. The van der Waals surface area contributed by atoms with Gasteiger partial charge in [0.25, 0.3) is 11.2 Å². The standard InChI is InChI=1S/C20H18N4O4/c1-28-17-10-2-13(3-11-17)19-18(12-21-14-4-5-14)20(25)23(22-19)15-6-8-16(9-7-15)24(26)27/h2-3,6-12,14,22H,4-5H2,1H3. The first-order valence-electron chi connectivity index (χ1n) is 8.84. The molecule has 1 aliphatic rings. The first-order valence-corrected chi connectivity index (χ1v) is 8.84. The van der Waals surface area contributed by atoms with Crippen molar-refractivity contribution in [1.82, 2.24) is 9.78 Å². The number of benzene rings is 2. The number of nitrogens with one attached hydrogen (secondary N) is 1. The summed E-state index contributed by atoms with van der Waals surface area (Å²) in [4.78, 5) is 27.9. The molecule has 1 N–H and O–H groups in total. The van der Waals surface area contributed by atoms with Crippen molar-refractivity contribution in [3.63, 3.8) is 0 Å². The van der Waals surface area contributed by atoms with Gasteiger partial charge in [0.05, 0.1) is 35.0 Å². The van der Waals surface area contributed by atoms with Crippen LogP contribution in [-0.2, 0) is 0 Å². The van der Waals surface area contributed by atoms with Crippen molar-refractivity contribution in [2.45, 2.75) is 18.9 Å². The molecule has 0 aliphatic heterocycles. The van der Waals surface area contributed by atoms with E-state index in [1.165, 1.54) is 28.9 Å². The van der Waals surface area contributed by atoms with Crippen LogP contribution in [0, 0.1) is 10.1 Å². The average Bonchev–Trinajstić information content (AvgIpc) is 3.49. The Bertz CT molecular complexity index is 1090. The van der Waals surface area contributed by atoms with E-state index in [1.807, 2.05) is 24.3 Å². The third kappa shape index (κ3) is 3.44. The number of nitro benzene ring substituents is 1. The summed E-state index contributed by atoms with van der Waals surface area (Å²) >= 11 is 0. The van der Waals surface area contributed by atoms with E-state index in [0.717, 1.165) is 18.4 Å². The second-order valence-corrected chi connectivity index (χ2v) is 6.55. The van der Waals surface area contributed by atoms with Gasteiger partial charge in [0.2, 0.25) is 0 Å². The topological polar surface area (TPSA) is 103 Å². The van der Waals surface area contributed by atoms with Crippen LogP contribution in [0.1, 0.15) is 18.4 Å². The third-order valence-corrected chi connectivity index (χ3v) is 4.59. The molecule has 4 rings (SSSR count). The third-order valence-electron chi connectivity index (χ3n) is 4.59. The van der Waals surface area contributed by atoms with E-state index in [1.54, 1.807) is 13.3 Å². The molecule has 8 heteroatoms. The van der Waals surface area contributed by atoms with Gasteiger partial charge in [-0.1, -0.05) is 0 Å². The maximum Gasteiger partial charge on any atom is 0.280 e. The van der Waals surface area contributed by atoms with Crippen molar-refractivity contribution >= 4 is 11.9 Å². The number of nitro groups is 1. The maximum absolute atomic E-state index is 13.0. The van der Waals surface area contributed by atoms with Crippen molar-refractivity contribution in [2.75, 3.05) is 7.11 Å². The van der Waals surface area contributed by atoms with Crippen LogP contribution >= 0.6 is 0 Å². The minimum Gasteiger partial charge on any atom is -0.497 e. The highest BCUT2D eigenvalue weighted by molar-refractivity contribution is 5.89. The predicted molar refractivity (Wildman–Crippen MR) is 106 cm³/mol. The lowest BCUT2D eigenvalue weighted by molar-refractivity contribution is -0.384. The zero-order valence-electron chi connectivity index (χ0n) is 15.2. The molecule has 0 saturated heterocycles. The fourth-order valence-electron chi connectivity index (χ4n) is 2.86. The molecule has 142 valence electrons. The van der Waals surface area contributed by atoms with Crippen LogP contribution in [0.25, 0.3) is 16.9 Å². The molecule has 1 aliphatic carbocycles. The monoisotopic (exact) mass is 378 g/mol. The van der Waals surface area contributed by atoms with E-state index >= 15 is 0 Å². The molecule has 0 spiro atoms. The molecule has 0 radical (unpaired) electrons. The molecule has 3 aromatic rings. The minimum atomic E-state index is -0.474. The van der Waals surface area contributed by atoms with Gasteiger partial charge < -0.3 is 4.74 Å². The van der Waals surface area contributed by atoms with Crippen LogP contribution in [0.4, 0.5) is 5.69 Å². The van der Waals surface area contributed by atoms with E-state index in [9.17, 15) is 14.9 Å². The Hall–Kier alpha value is -3.68. The summed E-state index contributed by atoms with van der Waals surface area (Å²) < 4.78 is 6.57. The van der Waals surface area contributed by atoms with Crippen LogP contribution in [0.15, 0.2) is 58.3 Å². The number of aromatic nitrogens is 2. The van der Waals surface area contributed by atoms with E-state index in [2.05, 4.69) is 10.1 Å². The lowest BCUT2D eigenvalue weighted by Crippen LogP contribution is -2.17. The van der Waals surface area contributed by atoms with Crippen LogP contribution in [0.5, 0.6) is 5.75 Å². The fraction of sp³-hybridized carbons (Fsp3) is 0.200. The van der Waals surface area contributed by atoms with Gasteiger partial charge in [-0.25, -0.2) is 4.68 Å². The van der Waals surface area contributed by atoms with Gasteiger partial charge in [0, 0.05) is 23.9 Å². The Balaban J connectivity index is 1.80.